The molecule has 2 aromatic carbocycles. The third kappa shape index (κ3) is 7.53. The van der Waals surface area contributed by atoms with Gasteiger partial charge in [-0.05, 0) is 24.1 Å². The molecule has 0 aliphatic heterocycles. The van der Waals surface area contributed by atoms with E-state index in [2.05, 4.69) is 10.6 Å². The van der Waals surface area contributed by atoms with Gasteiger partial charge in [-0.15, -0.1) is 0 Å². The Morgan fingerprint density at radius 3 is 2.03 bits per heavy atom. The molecule has 2 N–H and O–H groups in total. The molecule has 0 spiro atoms. The number of sulfone groups is 1. The van der Waals surface area contributed by atoms with Gasteiger partial charge in [-0.1, -0.05) is 48.5 Å². The van der Waals surface area contributed by atoms with Gasteiger partial charge in [-0.3, -0.25) is 9.59 Å². The highest BCUT2D eigenvalue weighted by atomic mass is 32.2. The van der Waals surface area contributed by atoms with Gasteiger partial charge in [0, 0.05) is 13.3 Å². The molecule has 0 aromatic heterocycles. The summed E-state index contributed by atoms with van der Waals surface area (Å²) in [7, 11) is -2.49. The summed E-state index contributed by atoms with van der Waals surface area (Å²) >= 11 is 0. The minimum atomic E-state index is -3.65. The number of hydrogen-bond donors (Lipinski definition) is 2. The maximum absolute atomic E-state index is 12.8. The number of hydrogen-bond acceptors (Lipinski definition) is 6. The standard InChI is InChI=1S/C22H26N2O6S/c1-16(25)23-20(15-17-9-5-3-6-10-17)21(26)24-19(22(27)30-2)13-14-31(28,29)18-11-7-4-8-12-18/h3-12,19-20H,13-15H2,1-2H3,(H,23,25)(H,24,26)/t19-,20+/m0/s1. The lowest BCUT2D eigenvalue weighted by atomic mass is 10.0. The lowest BCUT2D eigenvalue weighted by molar-refractivity contribution is -0.145. The molecule has 0 radical (unpaired) electrons. The van der Waals surface area contributed by atoms with Crippen molar-refractivity contribution >= 4 is 27.6 Å². The molecule has 9 heteroatoms. The Balaban J connectivity index is 2.12. The molecule has 0 bridgehead atoms. The van der Waals surface area contributed by atoms with E-state index in [1.54, 1.807) is 18.2 Å². The second-order valence-electron chi connectivity index (χ2n) is 6.95. The lowest BCUT2D eigenvalue weighted by Crippen LogP contribution is -2.52. The van der Waals surface area contributed by atoms with Gasteiger partial charge in [0.2, 0.25) is 11.8 Å². The Bertz CT molecular complexity index is 993. The topological polar surface area (TPSA) is 119 Å². The van der Waals surface area contributed by atoms with Crippen molar-refractivity contribution in [2.45, 2.75) is 36.7 Å². The fourth-order valence-corrected chi connectivity index (χ4v) is 4.34. The summed E-state index contributed by atoms with van der Waals surface area (Å²) in [6, 6.07) is 14.8. The summed E-state index contributed by atoms with van der Waals surface area (Å²) < 4.78 is 29.8. The molecular formula is C22H26N2O6S. The third-order valence-corrected chi connectivity index (χ3v) is 6.32. The molecule has 0 aliphatic carbocycles. The fraction of sp³-hybridized carbons (Fsp3) is 0.318. The van der Waals surface area contributed by atoms with Crippen molar-refractivity contribution in [3.8, 4) is 0 Å². The zero-order chi connectivity index (χ0) is 22.9. The predicted molar refractivity (Wildman–Crippen MR) is 115 cm³/mol. The summed E-state index contributed by atoms with van der Waals surface area (Å²) in [5, 5.41) is 5.09. The molecule has 8 nitrogen and oxygen atoms in total. The van der Waals surface area contributed by atoms with Crippen LogP contribution < -0.4 is 10.6 Å². The minimum Gasteiger partial charge on any atom is -0.467 e. The maximum atomic E-state index is 12.8. The third-order valence-electron chi connectivity index (χ3n) is 4.56. The van der Waals surface area contributed by atoms with Crippen LogP contribution in [0.4, 0.5) is 0 Å². The highest BCUT2D eigenvalue weighted by Crippen LogP contribution is 2.13. The Morgan fingerprint density at radius 2 is 1.48 bits per heavy atom. The number of rotatable bonds is 10. The molecule has 0 saturated heterocycles. The number of amides is 2. The molecule has 31 heavy (non-hydrogen) atoms. The molecule has 2 rings (SSSR count). The van der Waals surface area contributed by atoms with E-state index in [1.165, 1.54) is 19.1 Å². The second-order valence-corrected chi connectivity index (χ2v) is 9.06. The van der Waals surface area contributed by atoms with E-state index in [-0.39, 0.29) is 23.5 Å². The van der Waals surface area contributed by atoms with Crippen molar-refractivity contribution in [1.82, 2.24) is 10.6 Å². The number of benzene rings is 2. The average Bonchev–Trinajstić information content (AvgIpc) is 2.76. The zero-order valence-corrected chi connectivity index (χ0v) is 18.2. The van der Waals surface area contributed by atoms with Gasteiger partial charge in [0.15, 0.2) is 9.84 Å². The molecule has 2 amide bonds. The molecule has 166 valence electrons. The second kappa shape index (κ2) is 11.3. The van der Waals surface area contributed by atoms with Crippen molar-refractivity contribution in [2.75, 3.05) is 12.9 Å². The first-order valence-electron chi connectivity index (χ1n) is 9.70. The van der Waals surface area contributed by atoms with E-state index in [0.717, 1.165) is 12.7 Å². The first kappa shape index (κ1) is 24.1. The summed E-state index contributed by atoms with van der Waals surface area (Å²) in [4.78, 5) is 36.7. The molecule has 0 fully saturated rings. The Labute approximate surface area is 181 Å². The van der Waals surface area contributed by atoms with E-state index in [0.29, 0.717) is 0 Å². The van der Waals surface area contributed by atoms with Crippen LogP contribution in [0.2, 0.25) is 0 Å². The van der Waals surface area contributed by atoms with Gasteiger partial charge in [0.1, 0.15) is 12.1 Å². The van der Waals surface area contributed by atoms with Gasteiger partial charge in [-0.2, -0.15) is 0 Å². The summed E-state index contributed by atoms with van der Waals surface area (Å²) in [6.07, 6.45) is 0.0379. The first-order chi connectivity index (χ1) is 14.7. The first-order valence-corrected chi connectivity index (χ1v) is 11.3. The van der Waals surface area contributed by atoms with E-state index in [9.17, 15) is 22.8 Å². The molecule has 0 heterocycles. The highest BCUT2D eigenvalue weighted by Gasteiger charge is 2.28. The molecule has 0 unspecified atom stereocenters. The van der Waals surface area contributed by atoms with Crippen molar-refractivity contribution in [3.63, 3.8) is 0 Å². The minimum absolute atomic E-state index is 0.130. The number of esters is 1. The number of nitrogens with one attached hydrogen (secondary N) is 2. The molecule has 2 atom stereocenters. The fourth-order valence-electron chi connectivity index (χ4n) is 2.99. The van der Waals surface area contributed by atoms with Crippen molar-refractivity contribution in [2.24, 2.45) is 0 Å². The van der Waals surface area contributed by atoms with Crippen LogP contribution in [0.15, 0.2) is 65.6 Å². The Kier molecular flexibility index (Phi) is 8.75. The van der Waals surface area contributed by atoms with Crippen LogP contribution in [0.5, 0.6) is 0 Å². The molecule has 0 saturated carbocycles. The van der Waals surface area contributed by atoms with Crippen LogP contribution in [0, 0.1) is 0 Å². The lowest BCUT2D eigenvalue weighted by Gasteiger charge is -2.22. The quantitative estimate of drug-likeness (QED) is 0.531. The predicted octanol–water partition coefficient (Wildman–Crippen LogP) is 1.26. The normalized spacial score (nSPS) is 13.0. The van der Waals surface area contributed by atoms with E-state index in [4.69, 9.17) is 4.74 Å². The smallest absolute Gasteiger partial charge is 0.328 e. The monoisotopic (exact) mass is 446 g/mol. The van der Waals surface area contributed by atoms with Crippen LogP contribution in [-0.4, -0.2) is 51.1 Å². The van der Waals surface area contributed by atoms with E-state index in [1.807, 2.05) is 30.3 Å². The van der Waals surface area contributed by atoms with Crippen LogP contribution in [0.3, 0.4) is 0 Å². The number of ether oxygens (including phenoxy) is 1. The Morgan fingerprint density at radius 1 is 0.903 bits per heavy atom. The Hall–Kier alpha value is -3.20. The van der Waals surface area contributed by atoms with Gasteiger partial charge in [0.05, 0.1) is 17.8 Å². The summed E-state index contributed by atoms with van der Waals surface area (Å²) in [5.74, 6) is -2.14. The SMILES string of the molecule is COC(=O)[C@H](CCS(=O)(=O)c1ccccc1)NC(=O)[C@@H](Cc1ccccc1)NC(C)=O. The molecule has 2 aromatic rings. The zero-order valence-electron chi connectivity index (χ0n) is 17.4. The van der Waals surface area contributed by atoms with E-state index < -0.39 is 39.7 Å². The van der Waals surface area contributed by atoms with Gasteiger partial charge >= 0.3 is 5.97 Å². The van der Waals surface area contributed by atoms with Gasteiger partial charge < -0.3 is 15.4 Å². The summed E-state index contributed by atoms with van der Waals surface area (Å²) in [5.41, 5.74) is 0.817. The largest absolute Gasteiger partial charge is 0.467 e. The number of carbonyl (C=O) groups excluding carboxylic acids is 3. The van der Waals surface area contributed by atoms with Crippen molar-refractivity contribution < 1.29 is 27.5 Å². The number of carbonyl (C=O) groups is 3. The molecular weight excluding hydrogens is 420 g/mol. The maximum Gasteiger partial charge on any atom is 0.328 e. The highest BCUT2D eigenvalue weighted by molar-refractivity contribution is 7.91. The average molecular weight is 447 g/mol. The van der Waals surface area contributed by atoms with Crippen LogP contribution in [0.25, 0.3) is 0 Å². The number of methoxy groups -OCH3 is 1. The van der Waals surface area contributed by atoms with E-state index >= 15 is 0 Å². The van der Waals surface area contributed by atoms with Crippen LogP contribution in [0.1, 0.15) is 18.9 Å². The van der Waals surface area contributed by atoms with Crippen molar-refractivity contribution in [3.05, 3.63) is 66.2 Å². The van der Waals surface area contributed by atoms with Crippen LogP contribution >= 0.6 is 0 Å². The van der Waals surface area contributed by atoms with Crippen LogP contribution in [-0.2, 0) is 35.4 Å². The van der Waals surface area contributed by atoms with Gasteiger partial charge in [0.25, 0.3) is 0 Å². The summed E-state index contributed by atoms with van der Waals surface area (Å²) in [6.45, 7) is 1.29. The molecule has 0 aliphatic rings. The van der Waals surface area contributed by atoms with Gasteiger partial charge in [-0.25, -0.2) is 13.2 Å². The van der Waals surface area contributed by atoms with Crippen molar-refractivity contribution in [1.29, 1.82) is 0 Å².